The minimum atomic E-state index is -0.278. The van der Waals surface area contributed by atoms with Crippen LogP contribution in [0.1, 0.15) is 125 Å². The SMILES string of the molecule is C=C(CCC(C)C1CCC2(C)C3CCC4C(C)(C)C(OC(=O)/C=C/c5ccc(O)c(OC)c5)CCC45CC35CC[C@]12C)C(C)C. The second-order valence-corrected chi connectivity index (χ2v) is 17.5. The van der Waals surface area contributed by atoms with E-state index >= 15 is 0 Å². The van der Waals surface area contributed by atoms with Gasteiger partial charge < -0.3 is 14.6 Å². The van der Waals surface area contributed by atoms with Gasteiger partial charge in [0.2, 0.25) is 0 Å². The molecule has 5 aliphatic carbocycles. The summed E-state index contributed by atoms with van der Waals surface area (Å²) in [6.45, 7) is 21.7. The number of phenolic OH excluding ortho intramolecular Hbond substituents is 1. The maximum atomic E-state index is 13.1. The first-order valence-electron chi connectivity index (χ1n) is 18.1. The van der Waals surface area contributed by atoms with Gasteiger partial charge in [0.25, 0.3) is 0 Å². The fourth-order valence-corrected chi connectivity index (χ4v) is 12.5. The van der Waals surface area contributed by atoms with Crippen LogP contribution < -0.4 is 4.74 Å². The van der Waals surface area contributed by atoms with Crippen LogP contribution in [0, 0.1) is 56.7 Å². The summed E-state index contributed by atoms with van der Waals surface area (Å²) in [5.74, 6) is 3.84. The first-order valence-corrected chi connectivity index (χ1v) is 18.1. The first kappa shape index (κ1) is 32.7. The Hall–Kier alpha value is -2.23. The monoisotopic (exact) mass is 616 g/mol. The highest BCUT2D eigenvalue weighted by Gasteiger charge is 2.82. The van der Waals surface area contributed by atoms with E-state index < -0.39 is 0 Å². The summed E-state index contributed by atoms with van der Waals surface area (Å²) < 4.78 is 11.5. The standard InChI is InChI=1S/C41H60O4/c1-26(2)27(3)10-11-28(4)30-18-20-39(8)34-16-15-33-37(5,6)35(19-21-40(33)25-41(34,40)23-22-38(30,39)7)45-36(43)17-13-29-12-14-31(42)32(24-29)44-9/h12-14,17,24,26,28,30,33-35,42H,3,10-11,15-16,18-23,25H2,1-2,4-9H3/b17-13+/t28?,30?,33?,34?,35?,38-,39?,40?,41?/m1/s1. The third kappa shape index (κ3) is 4.85. The van der Waals surface area contributed by atoms with Crippen molar-refractivity contribution < 1.29 is 19.4 Å². The van der Waals surface area contributed by atoms with Gasteiger partial charge in [0.1, 0.15) is 6.10 Å². The molecule has 45 heavy (non-hydrogen) atoms. The van der Waals surface area contributed by atoms with Crippen molar-refractivity contribution >= 4 is 12.0 Å². The van der Waals surface area contributed by atoms with Gasteiger partial charge in [-0.3, -0.25) is 0 Å². The molecule has 8 unspecified atom stereocenters. The van der Waals surface area contributed by atoms with E-state index in [-0.39, 0.29) is 23.2 Å². The van der Waals surface area contributed by atoms with E-state index in [4.69, 9.17) is 9.47 Å². The lowest BCUT2D eigenvalue weighted by Gasteiger charge is -2.63. The fourth-order valence-electron chi connectivity index (χ4n) is 12.5. The number of aromatic hydroxyl groups is 1. The van der Waals surface area contributed by atoms with E-state index in [0.717, 1.165) is 29.7 Å². The van der Waals surface area contributed by atoms with Crippen molar-refractivity contribution in [3.8, 4) is 11.5 Å². The number of rotatable bonds is 9. The molecule has 248 valence electrons. The Morgan fingerprint density at radius 3 is 2.40 bits per heavy atom. The second-order valence-electron chi connectivity index (χ2n) is 17.5. The van der Waals surface area contributed by atoms with Gasteiger partial charge in [-0.05, 0) is 146 Å². The zero-order chi connectivity index (χ0) is 32.6. The number of benzene rings is 1. The van der Waals surface area contributed by atoms with Crippen LogP contribution in [-0.4, -0.2) is 24.3 Å². The second kappa shape index (κ2) is 11.2. The molecule has 9 atom stereocenters. The van der Waals surface area contributed by atoms with Gasteiger partial charge in [0.15, 0.2) is 11.5 Å². The van der Waals surface area contributed by atoms with E-state index in [0.29, 0.717) is 39.2 Å². The van der Waals surface area contributed by atoms with Crippen LogP contribution >= 0.6 is 0 Å². The van der Waals surface area contributed by atoms with E-state index in [1.807, 2.05) is 0 Å². The quantitative estimate of drug-likeness (QED) is 0.170. The average Bonchev–Trinajstić information content (AvgIpc) is 3.58. The van der Waals surface area contributed by atoms with Crippen LogP contribution in [-0.2, 0) is 9.53 Å². The summed E-state index contributed by atoms with van der Waals surface area (Å²) >= 11 is 0. The largest absolute Gasteiger partial charge is 0.504 e. The number of ether oxygens (including phenoxy) is 2. The Morgan fingerprint density at radius 1 is 0.978 bits per heavy atom. The topological polar surface area (TPSA) is 55.8 Å². The number of methoxy groups -OCH3 is 1. The van der Waals surface area contributed by atoms with Gasteiger partial charge in [-0.1, -0.05) is 66.7 Å². The molecule has 1 N–H and O–H groups in total. The Kier molecular flexibility index (Phi) is 8.13. The lowest BCUT2D eigenvalue weighted by atomic mass is 9.41. The molecule has 0 aromatic heterocycles. The van der Waals surface area contributed by atoms with E-state index in [2.05, 4.69) is 55.0 Å². The molecule has 5 saturated carbocycles. The number of phenols is 1. The van der Waals surface area contributed by atoms with Crippen LogP contribution in [0.2, 0.25) is 0 Å². The number of allylic oxidation sites excluding steroid dienone is 1. The highest BCUT2D eigenvalue weighted by Crippen LogP contribution is 2.89. The van der Waals surface area contributed by atoms with Crippen molar-refractivity contribution in [2.75, 3.05) is 7.11 Å². The van der Waals surface area contributed by atoms with Crippen molar-refractivity contribution in [2.24, 2.45) is 56.7 Å². The number of esters is 1. The molecule has 4 heteroatoms. The van der Waals surface area contributed by atoms with Gasteiger partial charge in [-0.2, -0.15) is 0 Å². The number of carbonyl (C=O) groups excluding carboxylic acids is 1. The molecule has 6 rings (SSSR count). The van der Waals surface area contributed by atoms with Gasteiger partial charge in [0.05, 0.1) is 7.11 Å². The number of fused-ring (bicyclic) bond motifs is 2. The van der Waals surface area contributed by atoms with Gasteiger partial charge in [0, 0.05) is 11.5 Å². The van der Waals surface area contributed by atoms with Crippen LogP contribution in [0.5, 0.6) is 11.5 Å². The summed E-state index contributed by atoms with van der Waals surface area (Å²) in [7, 11) is 1.52. The smallest absolute Gasteiger partial charge is 0.331 e. The average molecular weight is 617 g/mol. The Bertz CT molecular complexity index is 1360. The molecule has 0 bridgehead atoms. The van der Waals surface area contributed by atoms with Crippen molar-refractivity contribution in [1.82, 2.24) is 0 Å². The maximum Gasteiger partial charge on any atom is 0.331 e. The van der Waals surface area contributed by atoms with Crippen LogP contribution in [0.3, 0.4) is 0 Å². The third-order valence-electron chi connectivity index (χ3n) is 15.4. The Balaban J connectivity index is 1.14. The molecule has 1 aromatic rings. The van der Waals surface area contributed by atoms with Crippen molar-refractivity contribution in [3.63, 3.8) is 0 Å². The molecule has 4 nitrogen and oxygen atoms in total. The molecule has 0 aliphatic heterocycles. The number of hydrogen-bond acceptors (Lipinski definition) is 4. The Labute approximate surface area is 273 Å². The van der Waals surface area contributed by atoms with Gasteiger partial charge >= 0.3 is 5.97 Å². The minimum Gasteiger partial charge on any atom is -0.504 e. The lowest BCUT2D eigenvalue weighted by molar-refractivity contribution is -0.179. The molecule has 0 saturated heterocycles. The minimum absolute atomic E-state index is 0.0365. The molecule has 5 fully saturated rings. The van der Waals surface area contributed by atoms with Crippen molar-refractivity contribution in [3.05, 3.63) is 42.0 Å². The predicted octanol–water partition coefficient (Wildman–Crippen LogP) is 10.4. The summed E-state index contributed by atoms with van der Waals surface area (Å²) in [5, 5.41) is 9.89. The molecular weight excluding hydrogens is 556 g/mol. The Morgan fingerprint density at radius 2 is 1.69 bits per heavy atom. The highest BCUT2D eigenvalue weighted by molar-refractivity contribution is 5.87. The van der Waals surface area contributed by atoms with Crippen LogP contribution in [0.25, 0.3) is 6.08 Å². The van der Waals surface area contributed by atoms with Crippen molar-refractivity contribution in [2.45, 2.75) is 125 Å². The van der Waals surface area contributed by atoms with Crippen LogP contribution in [0.4, 0.5) is 0 Å². The fraction of sp³-hybridized carbons (Fsp3) is 0.732. The molecule has 5 aliphatic rings. The molecule has 0 radical (unpaired) electrons. The van der Waals surface area contributed by atoms with E-state index in [9.17, 15) is 9.90 Å². The number of carbonyl (C=O) groups is 1. The zero-order valence-electron chi connectivity index (χ0n) is 29.5. The molecular formula is C41H60O4. The predicted molar refractivity (Wildman–Crippen MR) is 183 cm³/mol. The maximum absolute atomic E-state index is 13.1. The lowest BCUT2D eigenvalue weighted by Crippen LogP contribution is -2.58. The van der Waals surface area contributed by atoms with Gasteiger partial charge in [-0.25, -0.2) is 4.79 Å². The highest BCUT2D eigenvalue weighted by atomic mass is 16.5. The third-order valence-corrected chi connectivity index (χ3v) is 15.4. The van der Waals surface area contributed by atoms with E-state index in [1.165, 1.54) is 83.0 Å². The normalized spacial score (nSPS) is 40.2. The first-order chi connectivity index (χ1) is 21.1. The van der Waals surface area contributed by atoms with Crippen LogP contribution in [0.15, 0.2) is 36.4 Å². The molecule has 2 spiro atoms. The molecule has 0 heterocycles. The summed E-state index contributed by atoms with van der Waals surface area (Å²) in [4.78, 5) is 13.1. The summed E-state index contributed by atoms with van der Waals surface area (Å²) in [6.07, 6.45) is 17.5. The van der Waals surface area contributed by atoms with Crippen molar-refractivity contribution in [1.29, 1.82) is 0 Å². The van der Waals surface area contributed by atoms with Gasteiger partial charge in [-0.15, -0.1) is 0 Å². The number of hydrogen-bond donors (Lipinski definition) is 1. The summed E-state index contributed by atoms with van der Waals surface area (Å²) in [5.41, 5.74) is 3.99. The zero-order valence-corrected chi connectivity index (χ0v) is 29.5. The molecule has 0 amide bonds. The summed E-state index contributed by atoms with van der Waals surface area (Å²) in [6, 6.07) is 5.08. The van der Waals surface area contributed by atoms with E-state index in [1.54, 1.807) is 24.3 Å². The molecule has 1 aromatic carbocycles.